The molecule has 26 heavy (non-hydrogen) atoms. The van der Waals surface area contributed by atoms with Gasteiger partial charge in [-0.1, -0.05) is 34.1 Å². The summed E-state index contributed by atoms with van der Waals surface area (Å²) >= 11 is 3.48. The number of para-hydroxylation sites is 1. The van der Waals surface area contributed by atoms with Crippen molar-refractivity contribution in [3.05, 3.63) is 58.1 Å². The third kappa shape index (κ3) is 1.55. The van der Waals surface area contributed by atoms with Gasteiger partial charge >= 0.3 is 11.9 Å². The van der Waals surface area contributed by atoms with Gasteiger partial charge in [0.05, 0.1) is 22.2 Å². The molecule has 3 heterocycles. The van der Waals surface area contributed by atoms with Crippen molar-refractivity contribution in [3.63, 3.8) is 0 Å². The summed E-state index contributed by atoms with van der Waals surface area (Å²) in [5.41, 5.74) is 4.09. The Balaban J connectivity index is 2.01. The van der Waals surface area contributed by atoms with E-state index in [0.717, 1.165) is 42.7 Å². The lowest BCUT2D eigenvalue weighted by Gasteiger charge is -2.01. The molecule has 6 heteroatoms. The van der Waals surface area contributed by atoms with E-state index in [1.807, 2.05) is 42.5 Å². The van der Waals surface area contributed by atoms with E-state index in [4.69, 9.17) is 4.74 Å². The van der Waals surface area contributed by atoms with Crippen LogP contribution in [0.1, 0.15) is 20.7 Å². The number of hydrogen-bond acceptors (Lipinski definition) is 3. The van der Waals surface area contributed by atoms with E-state index in [0.29, 0.717) is 16.5 Å². The maximum atomic E-state index is 12.5. The van der Waals surface area contributed by atoms with E-state index in [1.54, 1.807) is 0 Å². The average molecular weight is 405 g/mol. The number of halogens is 1. The number of cyclic esters (lactones) is 2. The number of benzene rings is 3. The van der Waals surface area contributed by atoms with Crippen molar-refractivity contribution in [1.29, 1.82) is 0 Å². The molecule has 1 aliphatic rings. The first-order valence-electron chi connectivity index (χ1n) is 8.07. The van der Waals surface area contributed by atoms with Crippen molar-refractivity contribution in [3.8, 4) is 0 Å². The molecule has 0 saturated heterocycles. The standard InChI is InChI=1S/C20H9BrN2O3/c21-8-5-6-12-10(7-8)14-16-15(19(24)26-20(16)25)13-9-3-1-2-4-11(9)22-17(13)18(14)23-12/h1-7,22-23H. The predicted molar refractivity (Wildman–Crippen MR) is 103 cm³/mol. The number of fused-ring (bicyclic) bond motifs is 10. The lowest BCUT2D eigenvalue weighted by Crippen LogP contribution is -1.97. The molecule has 0 spiro atoms. The zero-order chi connectivity index (χ0) is 17.6. The zero-order valence-electron chi connectivity index (χ0n) is 13.1. The van der Waals surface area contributed by atoms with Crippen LogP contribution >= 0.6 is 15.9 Å². The zero-order valence-corrected chi connectivity index (χ0v) is 14.7. The first kappa shape index (κ1) is 14.1. The van der Waals surface area contributed by atoms with Gasteiger partial charge in [0.1, 0.15) is 0 Å². The van der Waals surface area contributed by atoms with E-state index >= 15 is 0 Å². The van der Waals surface area contributed by atoms with Gasteiger partial charge in [-0.05, 0) is 24.3 Å². The Morgan fingerprint density at radius 3 is 2.12 bits per heavy atom. The number of esters is 2. The summed E-state index contributed by atoms with van der Waals surface area (Å²) < 4.78 is 5.89. The number of H-pyrrole nitrogens is 2. The molecule has 0 unspecified atom stereocenters. The number of carbonyl (C=O) groups is 2. The number of ether oxygens (including phenoxy) is 1. The summed E-state index contributed by atoms with van der Waals surface area (Å²) in [6.07, 6.45) is 0. The Kier molecular flexibility index (Phi) is 2.46. The Morgan fingerprint density at radius 1 is 0.769 bits per heavy atom. The number of carbonyl (C=O) groups excluding carboxylic acids is 2. The van der Waals surface area contributed by atoms with Gasteiger partial charge in [0.25, 0.3) is 0 Å². The molecular formula is C20H9BrN2O3. The molecule has 3 aromatic carbocycles. The fraction of sp³-hybridized carbons (Fsp3) is 0. The van der Waals surface area contributed by atoms with Crippen LogP contribution in [0.15, 0.2) is 46.9 Å². The Hall–Kier alpha value is -3.12. The molecule has 0 atom stereocenters. The molecule has 124 valence electrons. The predicted octanol–water partition coefficient (Wildman–Crippen LogP) is 5.03. The summed E-state index contributed by atoms with van der Waals surface area (Å²) in [5, 5.41) is 3.21. The molecule has 0 radical (unpaired) electrons. The second-order valence-corrected chi connectivity index (χ2v) is 7.33. The lowest BCUT2D eigenvalue weighted by molar-refractivity contribution is 0.0445. The SMILES string of the molecule is O=C1OC(=O)c2c1c1c3ccccc3[nH]c1c1[nH]c3ccc(Br)cc3c21. The molecule has 0 fully saturated rings. The average Bonchev–Trinajstić information content (AvgIpc) is 3.26. The van der Waals surface area contributed by atoms with Gasteiger partial charge in [0, 0.05) is 37.1 Å². The van der Waals surface area contributed by atoms with Gasteiger partial charge in [0.15, 0.2) is 0 Å². The molecule has 6 rings (SSSR count). The highest BCUT2D eigenvalue weighted by atomic mass is 79.9. The molecule has 0 saturated carbocycles. The summed E-state index contributed by atoms with van der Waals surface area (Å²) in [6.45, 7) is 0. The van der Waals surface area contributed by atoms with Crippen molar-refractivity contribution in [2.75, 3.05) is 0 Å². The lowest BCUT2D eigenvalue weighted by atomic mass is 9.97. The van der Waals surface area contributed by atoms with Crippen LogP contribution in [0.5, 0.6) is 0 Å². The molecular weight excluding hydrogens is 396 g/mol. The van der Waals surface area contributed by atoms with Crippen LogP contribution in [0, 0.1) is 0 Å². The highest BCUT2D eigenvalue weighted by Crippen LogP contribution is 2.43. The van der Waals surface area contributed by atoms with E-state index in [2.05, 4.69) is 25.9 Å². The first-order chi connectivity index (χ1) is 12.6. The Labute approximate surface area is 154 Å². The van der Waals surface area contributed by atoms with Gasteiger partial charge in [-0.2, -0.15) is 0 Å². The van der Waals surface area contributed by atoms with Gasteiger partial charge in [-0.15, -0.1) is 0 Å². The third-order valence-electron chi connectivity index (χ3n) is 5.06. The second kappa shape index (κ2) is 4.53. The molecule has 5 aromatic rings. The normalized spacial score (nSPS) is 14.0. The molecule has 2 N–H and O–H groups in total. The van der Waals surface area contributed by atoms with E-state index in [1.165, 1.54) is 0 Å². The van der Waals surface area contributed by atoms with Crippen molar-refractivity contribution >= 4 is 71.5 Å². The number of hydrogen-bond donors (Lipinski definition) is 2. The van der Waals surface area contributed by atoms with Crippen molar-refractivity contribution in [1.82, 2.24) is 9.97 Å². The van der Waals surface area contributed by atoms with Crippen LogP contribution in [0.4, 0.5) is 0 Å². The minimum absolute atomic E-state index is 0.339. The Bertz CT molecular complexity index is 1460. The number of aromatic amines is 2. The molecule has 0 amide bonds. The first-order valence-corrected chi connectivity index (χ1v) is 8.86. The maximum absolute atomic E-state index is 12.5. The van der Waals surface area contributed by atoms with Crippen molar-refractivity contribution in [2.24, 2.45) is 0 Å². The fourth-order valence-corrected chi connectivity index (χ4v) is 4.41. The van der Waals surface area contributed by atoms with E-state index in [9.17, 15) is 9.59 Å². The summed E-state index contributed by atoms with van der Waals surface area (Å²) in [7, 11) is 0. The summed E-state index contributed by atoms with van der Waals surface area (Å²) in [5.74, 6) is -1.19. The van der Waals surface area contributed by atoms with Gasteiger partial charge in [-0.3, -0.25) is 0 Å². The topological polar surface area (TPSA) is 75.0 Å². The summed E-state index contributed by atoms with van der Waals surface area (Å²) in [4.78, 5) is 31.9. The van der Waals surface area contributed by atoms with Crippen LogP contribution in [-0.2, 0) is 4.74 Å². The second-order valence-electron chi connectivity index (χ2n) is 6.41. The number of rotatable bonds is 0. The van der Waals surface area contributed by atoms with Crippen LogP contribution in [-0.4, -0.2) is 21.9 Å². The molecule has 1 aliphatic heterocycles. The largest absolute Gasteiger partial charge is 0.386 e. The van der Waals surface area contributed by atoms with E-state index < -0.39 is 11.9 Å². The molecule has 0 aliphatic carbocycles. The Morgan fingerprint density at radius 2 is 1.38 bits per heavy atom. The van der Waals surface area contributed by atoms with Crippen LogP contribution in [0.3, 0.4) is 0 Å². The quantitative estimate of drug-likeness (QED) is 0.280. The highest BCUT2D eigenvalue weighted by Gasteiger charge is 2.37. The van der Waals surface area contributed by atoms with Crippen LogP contribution in [0.25, 0.3) is 43.6 Å². The van der Waals surface area contributed by atoms with Crippen molar-refractivity contribution < 1.29 is 14.3 Å². The smallest absolute Gasteiger partial charge is 0.347 e. The summed E-state index contributed by atoms with van der Waals surface area (Å²) in [6, 6.07) is 13.6. The third-order valence-corrected chi connectivity index (χ3v) is 5.55. The van der Waals surface area contributed by atoms with Crippen LogP contribution in [0.2, 0.25) is 0 Å². The molecule has 5 nitrogen and oxygen atoms in total. The van der Waals surface area contributed by atoms with Crippen LogP contribution < -0.4 is 0 Å². The monoisotopic (exact) mass is 404 g/mol. The van der Waals surface area contributed by atoms with Gasteiger partial charge in [-0.25, -0.2) is 9.59 Å². The minimum atomic E-state index is -0.594. The van der Waals surface area contributed by atoms with Gasteiger partial charge < -0.3 is 14.7 Å². The number of nitrogens with one attached hydrogen (secondary N) is 2. The van der Waals surface area contributed by atoms with Gasteiger partial charge in [0.2, 0.25) is 0 Å². The highest BCUT2D eigenvalue weighted by molar-refractivity contribution is 9.10. The molecule has 0 bridgehead atoms. The minimum Gasteiger partial charge on any atom is -0.386 e. The maximum Gasteiger partial charge on any atom is 0.347 e. The number of aromatic nitrogens is 2. The fourth-order valence-electron chi connectivity index (χ4n) is 4.04. The van der Waals surface area contributed by atoms with E-state index in [-0.39, 0.29) is 0 Å². The molecule has 2 aromatic heterocycles. The van der Waals surface area contributed by atoms with Crippen molar-refractivity contribution in [2.45, 2.75) is 0 Å².